The van der Waals surface area contributed by atoms with Crippen molar-refractivity contribution in [3.05, 3.63) is 29.3 Å². The third-order valence-electron chi connectivity index (χ3n) is 5.77. The predicted octanol–water partition coefficient (Wildman–Crippen LogP) is 2.43. The van der Waals surface area contributed by atoms with E-state index in [1.54, 1.807) is 39.8 Å². The first-order chi connectivity index (χ1) is 16.5. The Morgan fingerprint density at radius 3 is 2.46 bits per heavy atom. The summed E-state index contributed by atoms with van der Waals surface area (Å²) < 4.78 is 5.17. The predicted molar refractivity (Wildman–Crippen MR) is 128 cm³/mol. The zero-order valence-corrected chi connectivity index (χ0v) is 20.8. The fraction of sp³-hybridized carbons (Fsp3) is 0.600. The molecule has 2 rings (SSSR count). The van der Waals surface area contributed by atoms with E-state index in [-0.39, 0.29) is 17.4 Å². The molecule has 0 spiro atoms. The molecule has 3 amide bonds. The Morgan fingerprint density at radius 2 is 1.89 bits per heavy atom. The van der Waals surface area contributed by atoms with Crippen LogP contribution in [0, 0.1) is 18.3 Å². The first kappa shape index (κ1) is 27.9. The van der Waals surface area contributed by atoms with Gasteiger partial charge in [0, 0.05) is 11.6 Å². The third kappa shape index (κ3) is 7.86. The Morgan fingerprint density at radius 1 is 1.23 bits per heavy atom. The summed E-state index contributed by atoms with van der Waals surface area (Å²) in [5.74, 6) is -1.58. The second-order valence-corrected chi connectivity index (χ2v) is 9.76. The summed E-state index contributed by atoms with van der Waals surface area (Å²) in [6.45, 7) is 5.31. The molecule has 4 N–H and O–H groups in total. The highest BCUT2D eigenvalue weighted by atomic mass is 16.6. The molecule has 0 radical (unpaired) electrons. The molecule has 0 aromatic heterocycles. The largest absolute Gasteiger partial charge is 0.507 e. The van der Waals surface area contributed by atoms with E-state index in [9.17, 15) is 29.9 Å². The van der Waals surface area contributed by atoms with Crippen LogP contribution in [0.15, 0.2) is 18.2 Å². The number of rotatable bonds is 8. The van der Waals surface area contributed by atoms with Gasteiger partial charge in [-0.25, -0.2) is 4.79 Å². The topological polar surface area (TPSA) is 152 Å². The molecular formula is C25H36N4O6. The normalized spacial score (nSPS) is 15.9. The Labute approximate surface area is 206 Å². The maximum absolute atomic E-state index is 13.5. The number of aromatic hydroxyl groups is 1. The van der Waals surface area contributed by atoms with Gasteiger partial charge < -0.3 is 30.5 Å². The molecule has 1 fully saturated rings. The summed E-state index contributed by atoms with van der Waals surface area (Å²) in [7, 11) is 0. The molecule has 192 valence electrons. The van der Waals surface area contributed by atoms with Gasteiger partial charge in [0.15, 0.2) is 0 Å². The molecule has 0 saturated heterocycles. The monoisotopic (exact) mass is 488 g/mol. The third-order valence-corrected chi connectivity index (χ3v) is 5.77. The van der Waals surface area contributed by atoms with Gasteiger partial charge >= 0.3 is 6.09 Å². The molecule has 0 heterocycles. The van der Waals surface area contributed by atoms with E-state index < -0.39 is 48.7 Å². The molecule has 1 saturated carbocycles. The summed E-state index contributed by atoms with van der Waals surface area (Å²) in [6, 6.07) is 3.80. The number of aryl methyl sites for hydroxylation is 1. The van der Waals surface area contributed by atoms with E-state index in [0.29, 0.717) is 5.56 Å². The molecule has 2 unspecified atom stereocenters. The lowest BCUT2D eigenvalue weighted by atomic mass is 9.94. The molecule has 35 heavy (non-hydrogen) atoms. The number of hydrogen-bond donors (Lipinski definition) is 4. The number of benzene rings is 1. The van der Waals surface area contributed by atoms with Gasteiger partial charge in [-0.2, -0.15) is 5.26 Å². The van der Waals surface area contributed by atoms with Crippen LogP contribution >= 0.6 is 0 Å². The smallest absolute Gasteiger partial charge is 0.408 e. The van der Waals surface area contributed by atoms with Crippen LogP contribution < -0.4 is 10.6 Å². The number of ether oxygens (including phenoxy) is 1. The zero-order valence-electron chi connectivity index (χ0n) is 20.8. The summed E-state index contributed by atoms with van der Waals surface area (Å²) >= 11 is 0. The van der Waals surface area contributed by atoms with Crippen molar-refractivity contribution in [2.75, 3.05) is 13.2 Å². The molecule has 2 atom stereocenters. The average molecular weight is 489 g/mol. The highest BCUT2D eigenvalue weighted by Gasteiger charge is 2.38. The number of alkyl carbamates (subject to hydrolysis) is 1. The van der Waals surface area contributed by atoms with Crippen LogP contribution in [0.25, 0.3) is 0 Å². The van der Waals surface area contributed by atoms with E-state index in [2.05, 4.69) is 10.6 Å². The van der Waals surface area contributed by atoms with Crippen LogP contribution in [0.5, 0.6) is 5.75 Å². The molecular weight excluding hydrogens is 452 g/mol. The second kappa shape index (κ2) is 12.4. The lowest BCUT2D eigenvalue weighted by Gasteiger charge is -2.34. The number of nitriles is 1. The molecule has 1 aromatic rings. The fourth-order valence-electron chi connectivity index (χ4n) is 4.09. The number of nitrogens with one attached hydrogen (secondary N) is 2. The van der Waals surface area contributed by atoms with Crippen molar-refractivity contribution in [2.45, 2.75) is 83.5 Å². The minimum atomic E-state index is -1.46. The van der Waals surface area contributed by atoms with Gasteiger partial charge in [-0.1, -0.05) is 37.5 Å². The number of hydrogen-bond acceptors (Lipinski definition) is 7. The van der Waals surface area contributed by atoms with Crippen molar-refractivity contribution in [1.29, 1.82) is 5.26 Å². The van der Waals surface area contributed by atoms with Crippen molar-refractivity contribution >= 4 is 17.9 Å². The van der Waals surface area contributed by atoms with Crippen molar-refractivity contribution in [1.82, 2.24) is 15.5 Å². The second-order valence-electron chi connectivity index (χ2n) is 9.76. The van der Waals surface area contributed by atoms with Crippen molar-refractivity contribution in [2.24, 2.45) is 0 Å². The first-order valence-electron chi connectivity index (χ1n) is 11.8. The van der Waals surface area contributed by atoms with Crippen LogP contribution in [0.1, 0.15) is 70.0 Å². The zero-order chi connectivity index (χ0) is 26.2. The van der Waals surface area contributed by atoms with Crippen LogP contribution in [0.2, 0.25) is 0 Å². The summed E-state index contributed by atoms with van der Waals surface area (Å²) in [5.41, 5.74) is -0.196. The van der Waals surface area contributed by atoms with Gasteiger partial charge in [-0.05, 0) is 46.1 Å². The van der Waals surface area contributed by atoms with E-state index in [0.717, 1.165) is 37.0 Å². The molecule has 1 aromatic carbocycles. The molecule has 10 nitrogen and oxygen atoms in total. The number of carbonyl (C=O) groups is 3. The standard InChI is InChI=1S/C25H36N4O6/c1-16-9-8-12-18(21(16)31)20(22(32)27-17-10-6-5-7-11-17)29(14-13-26)23(33)19(15-30)28-24(34)35-25(2,3)4/h8-9,12,17,19-20,30-31H,5-7,10-11,14-15H2,1-4H3,(H,27,32)(H,28,34). The lowest BCUT2D eigenvalue weighted by molar-refractivity contribution is -0.142. The Bertz CT molecular complexity index is 946. The quantitative estimate of drug-likeness (QED) is 0.410. The Kier molecular flexibility index (Phi) is 9.89. The van der Waals surface area contributed by atoms with Crippen molar-refractivity contribution < 1.29 is 29.3 Å². The number of aliphatic hydroxyl groups is 1. The highest BCUT2D eigenvalue weighted by Crippen LogP contribution is 2.32. The van der Waals surface area contributed by atoms with Gasteiger partial charge in [0.2, 0.25) is 11.8 Å². The van der Waals surface area contributed by atoms with Gasteiger partial charge in [-0.3, -0.25) is 9.59 Å². The van der Waals surface area contributed by atoms with Gasteiger partial charge in [0.1, 0.15) is 30.0 Å². The van der Waals surface area contributed by atoms with Crippen LogP contribution in [0.4, 0.5) is 4.79 Å². The maximum atomic E-state index is 13.5. The van der Waals surface area contributed by atoms with Crippen molar-refractivity contribution in [3.63, 3.8) is 0 Å². The lowest BCUT2D eigenvalue weighted by Crippen LogP contribution is -2.55. The van der Waals surface area contributed by atoms with Gasteiger partial charge in [0.05, 0.1) is 12.7 Å². The van der Waals surface area contributed by atoms with E-state index in [1.807, 2.05) is 6.07 Å². The minimum absolute atomic E-state index is 0.0849. The molecule has 0 bridgehead atoms. The number of phenolic OH excluding ortho intramolecular Hbond substituents is 1. The summed E-state index contributed by atoms with van der Waals surface area (Å²) in [4.78, 5) is 40.2. The Balaban J connectivity index is 2.42. The van der Waals surface area contributed by atoms with Crippen LogP contribution in [-0.2, 0) is 14.3 Å². The minimum Gasteiger partial charge on any atom is -0.507 e. The number of phenols is 1. The van der Waals surface area contributed by atoms with Gasteiger partial charge in [0.25, 0.3) is 0 Å². The number of carbonyl (C=O) groups excluding carboxylic acids is 3. The molecule has 0 aliphatic heterocycles. The Hall–Kier alpha value is -3.32. The molecule has 1 aliphatic rings. The summed E-state index contributed by atoms with van der Waals surface area (Å²) in [6.07, 6.45) is 3.69. The average Bonchev–Trinajstić information content (AvgIpc) is 2.79. The highest BCUT2D eigenvalue weighted by molar-refractivity contribution is 5.93. The van der Waals surface area contributed by atoms with Gasteiger partial charge in [-0.15, -0.1) is 0 Å². The van der Waals surface area contributed by atoms with Crippen LogP contribution in [-0.4, -0.2) is 63.9 Å². The number of para-hydroxylation sites is 1. The first-order valence-corrected chi connectivity index (χ1v) is 11.8. The van der Waals surface area contributed by atoms with E-state index in [4.69, 9.17) is 4.74 Å². The van der Waals surface area contributed by atoms with E-state index in [1.165, 1.54) is 6.07 Å². The molecule has 10 heteroatoms. The number of nitrogens with zero attached hydrogens (tertiary/aromatic N) is 2. The van der Waals surface area contributed by atoms with Crippen molar-refractivity contribution in [3.8, 4) is 11.8 Å². The fourth-order valence-corrected chi connectivity index (χ4v) is 4.09. The maximum Gasteiger partial charge on any atom is 0.408 e. The molecule has 1 aliphatic carbocycles. The number of amides is 3. The van der Waals surface area contributed by atoms with Crippen LogP contribution in [0.3, 0.4) is 0 Å². The SMILES string of the molecule is Cc1cccc(C(C(=O)NC2CCCCC2)N(CC#N)C(=O)C(CO)NC(=O)OC(C)(C)C)c1O. The number of aliphatic hydroxyl groups excluding tert-OH is 1. The summed E-state index contributed by atoms with van der Waals surface area (Å²) in [5, 5.41) is 35.4. The van der Waals surface area contributed by atoms with E-state index >= 15 is 0 Å².